The number of hydrogen-bond donors (Lipinski definition) is 2. The van der Waals surface area contributed by atoms with E-state index >= 15 is 0 Å². The summed E-state index contributed by atoms with van der Waals surface area (Å²) < 4.78 is 1.85. The van der Waals surface area contributed by atoms with Gasteiger partial charge in [0.2, 0.25) is 0 Å². The maximum Gasteiger partial charge on any atom is 0.132 e. The summed E-state index contributed by atoms with van der Waals surface area (Å²) in [6.45, 7) is 6.62. The van der Waals surface area contributed by atoms with E-state index in [1.807, 2.05) is 18.7 Å². The fraction of sp³-hybridized carbons (Fsp3) is 0.750. The summed E-state index contributed by atoms with van der Waals surface area (Å²) in [5.74, 6) is 1.03. The van der Waals surface area contributed by atoms with Crippen molar-refractivity contribution < 1.29 is 10.2 Å². The molecule has 1 fully saturated rings. The zero-order chi connectivity index (χ0) is 13.1. The van der Waals surface area contributed by atoms with E-state index in [1.165, 1.54) is 0 Å². The number of aryl methyl sites for hydroxylation is 2. The summed E-state index contributed by atoms with van der Waals surface area (Å²) in [5, 5.41) is 22.8. The Bertz CT molecular complexity index is 397. The molecule has 0 amide bonds. The zero-order valence-corrected chi connectivity index (χ0v) is 11.1. The fourth-order valence-electron chi connectivity index (χ4n) is 2.60. The van der Waals surface area contributed by atoms with E-state index in [0.29, 0.717) is 0 Å². The summed E-state index contributed by atoms with van der Waals surface area (Å²) in [5.41, 5.74) is 1.82. The molecule has 6 nitrogen and oxygen atoms in total. The molecule has 0 unspecified atom stereocenters. The minimum Gasteiger partial charge on any atom is -0.395 e. The molecule has 6 heteroatoms. The summed E-state index contributed by atoms with van der Waals surface area (Å²) in [7, 11) is 1.92. The Kier molecular flexibility index (Phi) is 4.21. The standard InChI is InChI=1S/C12H22N4O2/c1-10-11(9-18)12(14(2)13-10)16-5-3-15(4-6-16)7-8-17/h17-18H,3-9H2,1-2H3. The molecule has 102 valence electrons. The van der Waals surface area contributed by atoms with Crippen molar-refractivity contribution in [2.75, 3.05) is 44.2 Å². The van der Waals surface area contributed by atoms with E-state index in [-0.39, 0.29) is 13.2 Å². The molecule has 1 aromatic heterocycles. The molecule has 0 atom stereocenters. The highest BCUT2D eigenvalue weighted by atomic mass is 16.3. The molecule has 0 radical (unpaired) electrons. The number of aliphatic hydroxyl groups excluding tert-OH is 2. The molecule has 0 saturated carbocycles. The van der Waals surface area contributed by atoms with Gasteiger partial charge in [0.15, 0.2) is 0 Å². The van der Waals surface area contributed by atoms with E-state index in [9.17, 15) is 5.11 Å². The average Bonchev–Trinajstić information content (AvgIpc) is 2.65. The first-order chi connectivity index (χ1) is 8.67. The Labute approximate surface area is 107 Å². The van der Waals surface area contributed by atoms with Gasteiger partial charge >= 0.3 is 0 Å². The molecule has 1 aliphatic rings. The lowest BCUT2D eigenvalue weighted by atomic mass is 10.2. The minimum absolute atomic E-state index is 0.0336. The number of rotatable bonds is 4. The van der Waals surface area contributed by atoms with Crippen molar-refractivity contribution in [2.24, 2.45) is 7.05 Å². The Morgan fingerprint density at radius 2 is 1.83 bits per heavy atom. The van der Waals surface area contributed by atoms with Crippen LogP contribution in [-0.4, -0.2) is 64.2 Å². The lowest BCUT2D eigenvalue weighted by molar-refractivity contribution is 0.188. The van der Waals surface area contributed by atoms with Crippen LogP contribution in [0.15, 0.2) is 0 Å². The second kappa shape index (κ2) is 5.69. The molecule has 18 heavy (non-hydrogen) atoms. The molecule has 1 aromatic rings. The van der Waals surface area contributed by atoms with Gasteiger partial charge in [-0.05, 0) is 6.92 Å². The van der Waals surface area contributed by atoms with Crippen LogP contribution in [0.4, 0.5) is 5.82 Å². The first-order valence-corrected chi connectivity index (χ1v) is 6.39. The quantitative estimate of drug-likeness (QED) is 0.746. The monoisotopic (exact) mass is 254 g/mol. The van der Waals surface area contributed by atoms with Gasteiger partial charge in [-0.2, -0.15) is 5.10 Å². The highest BCUT2D eigenvalue weighted by Crippen LogP contribution is 2.24. The van der Waals surface area contributed by atoms with Crippen molar-refractivity contribution in [1.29, 1.82) is 0 Å². The molecule has 0 bridgehead atoms. The molecule has 2 N–H and O–H groups in total. The third kappa shape index (κ3) is 2.50. The smallest absolute Gasteiger partial charge is 0.132 e. The second-order valence-electron chi connectivity index (χ2n) is 4.72. The molecule has 0 aliphatic carbocycles. The number of β-amino-alcohol motifs (C(OH)–C–C–N with tert-alkyl or cyclic N) is 1. The topological polar surface area (TPSA) is 64.8 Å². The Balaban J connectivity index is 2.09. The third-order valence-electron chi connectivity index (χ3n) is 3.56. The maximum absolute atomic E-state index is 9.46. The summed E-state index contributed by atoms with van der Waals surface area (Å²) >= 11 is 0. The predicted molar refractivity (Wildman–Crippen MR) is 69.6 cm³/mol. The van der Waals surface area contributed by atoms with Crippen LogP contribution < -0.4 is 4.90 Å². The van der Waals surface area contributed by atoms with Crippen LogP contribution in [-0.2, 0) is 13.7 Å². The van der Waals surface area contributed by atoms with Gasteiger partial charge in [0, 0.05) is 45.3 Å². The van der Waals surface area contributed by atoms with Crippen LogP contribution in [0, 0.1) is 6.92 Å². The van der Waals surface area contributed by atoms with Crippen molar-refractivity contribution in [1.82, 2.24) is 14.7 Å². The number of piperazine rings is 1. The summed E-state index contributed by atoms with van der Waals surface area (Å²) in [4.78, 5) is 4.51. The van der Waals surface area contributed by atoms with Gasteiger partial charge in [-0.15, -0.1) is 0 Å². The summed E-state index contributed by atoms with van der Waals surface area (Å²) in [6.07, 6.45) is 0. The molecule has 0 aromatic carbocycles. The van der Waals surface area contributed by atoms with Gasteiger partial charge < -0.3 is 15.1 Å². The van der Waals surface area contributed by atoms with Gasteiger partial charge in [-0.25, -0.2) is 0 Å². The van der Waals surface area contributed by atoms with E-state index in [1.54, 1.807) is 0 Å². The average molecular weight is 254 g/mol. The van der Waals surface area contributed by atoms with Crippen molar-refractivity contribution in [3.63, 3.8) is 0 Å². The number of nitrogens with zero attached hydrogens (tertiary/aromatic N) is 4. The van der Waals surface area contributed by atoms with Gasteiger partial charge in [0.1, 0.15) is 5.82 Å². The van der Waals surface area contributed by atoms with E-state index in [2.05, 4.69) is 14.9 Å². The van der Waals surface area contributed by atoms with Crippen molar-refractivity contribution in [2.45, 2.75) is 13.5 Å². The molecule has 2 rings (SSSR count). The Hall–Kier alpha value is -1.11. The van der Waals surface area contributed by atoms with Crippen LogP contribution in [0.5, 0.6) is 0 Å². The SMILES string of the molecule is Cc1nn(C)c(N2CCN(CCO)CC2)c1CO. The van der Waals surface area contributed by atoms with E-state index in [0.717, 1.165) is 49.8 Å². The van der Waals surface area contributed by atoms with Gasteiger partial charge in [0.05, 0.1) is 18.9 Å². The second-order valence-corrected chi connectivity index (χ2v) is 4.72. The number of aromatic nitrogens is 2. The number of anilines is 1. The lowest BCUT2D eigenvalue weighted by Crippen LogP contribution is -2.48. The third-order valence-corrected chi connectivity index (χ3v) is 3.56. The minimum atomic E-state index is 0.0336. The Morgan fingerprint density at radius 1 is 1.17 bits per heavy atom. The van der Waals surface area contributed by atoms with E-state index in [4.69, 9.17) is 5.11 Å². The van der Waals surface area contributed by atoms with Crippen LogP contribution >= 0.6 is 0 Å². The number of aliphatic hydroxyl groups is 2. The fourth-order valence-corrected chi connectivity index (χ4v) is 2.60. The first kappa shape index (κ1) is 13.3. The molecular formula is C12H22N4O2. The van der Waals surface area contributed by atoms with Gasteiger partial charge in [0.25, 0.3) is 0 Å². The number of hydrogen-bond acceptors (Lipinski definition) is 5. The molecule has 1 saturated heterocycles. The zero-order valence-electron chi connectivity index (χ0n) is 11.1. The van der Waals surface area contributed by atoms with Crippen LogP contribution in [0.1, 0.15) is 11.3 Å². The highest BCUT2D eigenvalue weighted by Gasteiger charge is 2.22. The van der Waals surface area contributed by atoms with Crippen molar-refractivity contribution in [3.8, 4) is 0 Å². The Morgan fingerprint density at radius 3 is 2.39 bits per heavy atom. The maximum atomic E-state index is 9.46. The van der Waals surface area contributed by atoms with Crippen LogP contribution in [0.3, 0.4) is 0 Å². The molecule has 0 spiro atoms. The summed E-state index contributed by atoms with van der Waals surface area (Å²) in [6, 6.07) is 0. The molecular weight excluding hydrogens is 232 g/mol. The van der Waals surface area contributed by atoms with Gasteiger partial charge in [-0.3, -0.25) is 9.58 Å². The first-order valence-electron chi connectivity index (χ1n) is 6.39. The van der Waals surface area contributed by atoms with Crippen LogP contribution in [0.2, 0.25) is 0 Å². The molecule has 2 heterocycles. The van der Waals surface area contributed by atoms with Crippen LogP contribution in [0.25, 0.3) is 0 Å². The lowest BCUT2D eigenvalue weighted by Gasteiger charge is -2.36. The largest absolute Gasteiger partial charge is 0.395 e. The normalized spacial score (nSPS) is 17.4. The highest BCUT2D eigenvalue weighted by molar-refractivity contribution is 5.50. The van der Waals surface area contributed by atoms with Crippen molar-refractivity contribution in [3.05, 3.63) is 11.3 Å². The van der Waals surface area contributed by atoms with Gasteiger partial charge in [-0.1, -0.05) is 0 Å². The predicted octanol–water partition coefficient (Wildman–Crippen LogP) is -0.665. The molecule has 1 aliphatic heterocycles. The van der Waals surface area contributed by atoms with Crippen molar-refractivity contribution >= 4 is 5.82 Å². The van der Waals surface area contributed by atoms with E-state index < -0.39 is 0 Å².